The summed E-state index contributed by atoms with van der Waals surface area (Å²) >= 11 is 0. The second-order valence-electron chi connectivity index (χ2n) is 5.78. The van der Waals surface area contributed by atoms with E-state index in [1.165, 1.54) is 32.4 Å². The van der Waals surface area contributed by atoms with E-state index in [0.29, 0.717) is 0 Å². The molecule has 0 saturated carbocycles. The first-order valence-corrected chi connectivity index (χ1v) is 7.98. The van der Waals surface area contributed by atoms with E-state index in [1.807, 2.05) is 0 Å². The number of halogens is 3. The maximum Gasteiger partial charge on any atom is 0.451 e. The predicted molar refractivity (Wildman–Crippen MR) is 96.0 cm³/mol. The Morgan fingerprint density at radius 3 is 2.31 bits per heavy atom. The van der Waals surface area contributed by atoms with Gasteiger partial charge in [-0.2, -0.15) is 13.2 Å². The van der Waals surface area contributed by atoms with Crippen LogP contribution in [0.5, 0.6) is 17.2 Å². The summed E-state index contributed by atoms with van der Waals surface area (Å²) in [5.74, 6) is -3.10. The van der Waals surface area contributed by atoms with E-state index < -0.39 is 29.3 Å². The predicted octanol–water partition coefficient (Wildman–Crippen LogP) is 3.81. The molecule has 3 aromatic rings. The van der Waals surface area contributed by atoms with E-state index in [9.17, 15) is 23.1 Å². The van der Waals surface area contributed by atoms with Crippen molar-refractivity contribution >= 4 is 28.4 Å². The molecule has 2 aromatic carbocycles. The van der Waals surface area contributed by atoms with Crippen LogP contribution in [0.25, 0.3) is 10.9 Å². The number of carbonyl (C=O) groups is 1. The fraction of sp³-hybridized carbons (Fsp3) is 0.167. The molecular formula is C18H14F3N3O5. The highest BCUT2D eigenvalue weighted by Gasteiger charge is 2.36. The molecule has 0 aliphatic rings. The molecule has 0 fully saturated rings. The lowest BCUT2D eigenvalue weighted by Crippen LogP contribution is -2.13. The van der Waals surface area contributed by atoms with Crippen molar-refractivity contribution in [1.82, 2.24) is 9.97 Å². The molecule has 0 bridgehead atoms. The summed E-state index contributed by atoms with van der Waals surface area (Å²) < 4.78 is 50.1. The van der Waals surface area contributed by atoms with Crippen LogP contribution < -0.4 is 14.8 Å². The third-order valence-electron chi connectivity index (χ3n) is 3.94. The van der Waals surface area contributed by atoms with Crippen molar-refractivity contribution in [3.63, 3.8) is 0 Å². The average molecular weight is 409 g/mol. The van der Waals surface area contributed by atoms with Gasteiger partial charge in [-0.1, -0.05) is 0 Å². The molecule has 0 radical (unpaired) electrons. The van der Waals surface area contributed by atoms with Crippen LogP contribution in [0.4, 0.5) is 24.7 Å². The number of anilines is 2. The van der Waals surface area contributed by atoms with E-state index in [4.69, 9.17) is 14.6 Å². The zero-order valence-corrected chi connectivity index (χ0v) is 15.0. The topological polar surface area (TPSA) is 114 Å². The number of hydrogen-bond acceptors (Lipinski definition) is 7. The normalized spacial score (nSPS) is 11.3. The monoisotopic (exact) mass is 409 g/mol. The molecule has 8 nitrogen and oxygen atoms in total. The maximum atomic E-state index is 13.3. The minimum absolute atomic E-state index is 0.0651. The first-order chi connectivity index (χ1) is 13.6. The number of fused-ring (bicyclic) bond motifs is 1. The molecule has 29 heavy (non-hydrogen) atoms. The third-order valence-corrected chi connectivity index (χ3v) is 3.94. The van der Waals surface area contributed by atoms with E-state index >= 15 is 0 Å². The number of aromatic carboxylic acids is 1. The maximum absolute atomic E-state index is 13.3. The van der Waals surface area contributed by atoms with Gasteiger partial charge in [0.2, 0.25) is 5.82 Å². The molecule has 152 valence electrons. The molecule has 0 amide bonds. The standard InChI is InChI=1S/C18H14F3N3O5/c1-28-13-6-9-11(7-14(13)29-2)23-17(18(19,20)21)24-15(9)22-8-3-4-12(25)10(5-8)16(26)27/h3-7,25H,1-2H3,(H,26,27)(H,22,23,24). The minimum atomic E-state index is -4.82. The Kier molecular flexibility index (Phi) is 5.06. The van der Waals surface area contributed by atoms with Gasteiger partial charge in [0.25, 0.3) is 0 Å². The van der Waals surface area contributed by atoms with Crippen LogP contribution in [0.15, 0.2) is 30.3 Å². The number of ether oxygens (including phenoxy) is 2. The number of carboxylic acid groups (broad SMARTS) is 1. The van der Waals surface area contributed by atoms with Crippen LogP contribution in [0.1, 0.15) is 16.2 Å². The van der Waals surface area contributed by atoms with Gasteiger partial charge in [0.1, 0.15) is 17.1 Å². The molecule has 0 saturated heterocycles. The molecule has 11 heteroatoms. The Morgan fingerprint density at radius 2 is 1.72 bits per heavy atom. The first kappa shape index (κ1) is 20.0. The summed E-state index contributed by atoms with van der Waals surface area (Å²) in [7, 11) is 2.69. The van der Waals surface area contributed by atoms with Gasteiger partial charge in [-0.3, -0.25) is 0 Å². The number of aromatic nitrogens is 2. The fourth-order valence-corrected chi connectivity index (χ4v) is 2.60. The number of hydrogen-bond donors (Lipinski definition) is 3. The molecular weight excluding hydrogens is 395 g/mol. The molecule has 1 aromatic heterocycles. The van der Waals surface area contributed by atoms with E-state index in [-0.39, 0.29) is 33.9 Å². The van der Waals surface area contributed by atoms with Crippen LogP contribution >= 0.6 is 0 Å². The van der Waals surface area contributed by atoms with Crippen molar-refractivity contribution in [3.05, 3.63) is 41.7 Å². The number of rotatable bonds is 5. The van der Waals surface area contributed by atoms with Crippen molar-refractivity contribution in [2.45, 2.75) is 6.18 Å². The molecule has 3 rings (SSSR count). The van der Waals surface area contributed by atoms with Gasteiger partial charge in [0.15, 0.2) is 11.5 Å². The average Bonchev–Trinajstić information content (AvgIpc) is 2.67. The zero-order valence-electron chi connectivity index (χ0n) is 15.0. The molecule has 0 atom stereocenters. The second-order valence-corrected chi connectivity index (χ2v) is 5.78. The van der Waals surface area contributed by atoms with Crippen molar-refractivity contribution in [2.24, 2.45) is 0 Å². The Labute approximate surface area is 161 Å². The van der Waals surface area contributed by atoms with Crippen molar-refractivity contribution in [2.75, 3.05) is 19.5 Å². The summed E-state index contributed by atoms with van der Waals surface area (Å²) in [5.41, 5.74) is -0.392. The number of nitrogens with zero attached hydrogens (tertiary/aromatic N) is 2. The SMILES string of the molecule is COc1cc2nc(C(F)(F)F)nc(Nc3ccc(O)c(C(=O)O)c3)c2cc1OC. The van der Waals surface area contributed by atoms with E-state index in [2.05, 4.69) is 15.3 Å². The first-order valence-electron chi connectivity index (χ1n) is 7.98. The highest BCUT2D eigenvalue weighted by molar-refractivity contribution is 5.95. The molecule has 1 heterocycles. The zero-order chi connectivity index (χ0) is 21.3. The van der Waals surface area contributed by atoms with Crippen LogP contribution in [-0.4, -0.2) is 40.4 Å². The van der Waals surface area contributed by atoms with Gasteiger partial charge in [-0.15, -0.1) is 0 Å². The highest BCUT2D eigenvalue weighted by Crippen LogP contribution is 2.37. The number of phenols is 1. The molecule has 0 aliphatic heterocycles. The molecule has 0 spiro atoms. The van der Waals surface area contributed by atoms with Gasteiger partial charge in [-0.05, 0) is 24.3 Å². The van der Waals surface area contributed by atoms with Crippen molar-refractivity contribution in [3.8, 4) is 17.2 Å². The van der Waals surface area contributed by atoms with Gasteiger partial charge < -0.3 is 25.0 Å². The number of benzene rings is 2. The van der Waals surface area contributed by atoms with Crippen LogP contribution in [0, 0.1) is 0 Å². The number of aromatic hydroxyl groups is 1. The lowest BCUT2D eigenvalue weighted by Gasteiger charge is -2.15. The van der Waals surface area contributed by atoms with Gasteiger partial charge in [0.05, 0.1) is 19.7 Å². The number of alkyl halides is 3. The van der Waals surface area contributed by atoms with Gasteiger partial charge in [0, 0.05) is 17.1 Å². The van der Waals surface area contributed by atoms with E-state index in [0.717, 1.165) is 12.1 Å². The molecule has 0 unspecified atom stereocenters. The van der Waals surface area contributed by atoms with Crippen LogP contribution in [-0.2, 0) is 6.18 Å². The Morgan fingerprint density at radius 1 is 1.07 bits per heavy atom. The number of methoxy groups -OCH3 is 2. The largest absolute Gasteiger partial charge is 0.507 e. The molecule has 3 N–H and O–H groups in total. The number of carboxylic acids is 1. The number of nitrogens with one attached hydrogen (secondary N) is 1. The lowest BCUT2D eigenvalue weighted by atomic mass is 10.1. The Bertz CT molecular complexity index is 1100. The second kappa shape index (κ2) is 7.34. The fourth-order valence-electron chi connectivity index (χ4n) is 2.60. The third kappa shape index (κ3) is 3.93. The summed E-state index contributed by atoms with van der Waals surface area (Å²) in [6.45, 7) is 0. The Hall–Kier alpha value is -3.76. The van der Waals surface area contributed by atoms with Crippen molar-refractivity contribution in [1.29, 1.82) is 0 Å². The smallest absolute Gasteiger partial charge is 0.451 e. The van der Waals surface area contributed by atoms with Gasteiger partial charge in [-0.25, -0.2) is 14.8 Å². The summed E-state index contributed by atoms with van der Waals surface area (Å²) in [4.78, 5) is 18.3. The van der Waals surface area contributed by atoms with Gasteiger partial charge >= 0.3 is 12.1 Å². The minimum Gasteiger partial charge on any atom is -0.507 e. The quantitative estimate of drug-likeness (QED) is 0.545. The Balaban J connectivity index is 2.22. The van der Waals surface area contributed by atoms with Crippen LogP contribution in [0.3, 0.4) is 0 Å². The summed E-state index contributed by atoms with van der Waals surface area (Å²) in [6, 6.07) is 6.14. The summed E-state index contributed by atoms with van der Waals surface area (Å²) in [6.07, 6.45) is -4.82. The van der Waals surface area contributed by atoms with Crippen molar-refractivity contribution < 1.29 is 37.7 Å². The highest BCUT2D eigenvalue weighted by atomic mass is 19.4. The van der Waals surface area contributed by atoms with E-state index in [1.54, 1.807) is 0 Å². The van der Waals surface area contributed by atoms with Crippen LogP contribution in [0.2, 0.25) is 0 Å². The lowest BCUT2D eigenvalue weighted by molar-refractivity contribution is -0.144. The summed E-state index contributed by atoms with van der Waals surface area (Å²) in [5, 5.41) is 21.5. The molecule has 0 aliphatic carbocycles.